The lowest BCUT2D eigenvalue weighted by molar-refractivity contribution is -0.146. The number of carbonyl (C=O) groups is 1. The van der Waals surface area contributed by atoms with E-state index in [1.165, 1.54) is 0 Å². The number of carbonyl (C=O) groups excluding carboxylic acids is 1. The normalized spacial score (nSPS) is 12.3. The Morgan fingerprint density at radius 1 is 1.29 bits per heavy atom. The number of aryl methyl sites for hydroxylation is 1. The van der Waals surface area contributed by atoms with Crippen LogP contribution in [0.3, 0.4) is 0 Å². The predicted molar refractivity (Wildman–Crippen MR) is 84.9 cm³/mol. The fourth-order valence-electron chi connectivity index (χ4n) is 2.12. The van der Waals surface area contributed by atoms with Crippen LogP contribution in [0.5, 0.6) is 5.75 Å². The Kier molecular flexibility index (Phi) is 7.23. The molecule has 21 heavy (non-hydrogen) atoms. The molecule has 0 aliphatic carbocycles. The Labute approximate surface area is 127 Å². The third kappa shape index (κ3) is 5.38. The molecule has 0 aliphatic rings. The van der Waals surface area contributed by atoms with Gasteiger partial charge < -0.3 is 14.8 Å². The van der Waals surface area contributed by atoms with Gasteiger partial charge in [0, 0.05) is 0 Å². The summed E-state index contributed by atoms with van der Waals surface area (Å²) in [4.78, 5) is 11.9. The lowest BCUT2D eigenvalue weighted by Gasteiger charge is -2.19. The Morgan fingerprint density at radius 3 is 2.57 bits per heavy atom. The van der Waals surface area contributed by atoms with E-state index in [9.17, 15) is 4.79 Å². The highest BCUT2D eigenvalue weighted by molar-refractivity contribution is 5.76. The molecule has 0 heterocycles. The summed E-state index contributed by atoms with van der Waals surface area (Å²) < 4.78 is 11.0. The molecule has 0 amide bonds. The zero-order valence-electron chi connectivity index (χ0n) is 13.7. The molecule has 1 aromatic carbocycles. The summed E-state index contributed by atoms with van der Waals surface area (Å²) in [5.74, 6) is 0.955. The zero-order chi connectivity index (χ0) is 15.8. The molecule has 0 aromatic heterocycles. The van der Waals surface area contributed by atoms with E-state index in [1.54, 1.807) is 6.92 Å². The third-order valence-electron chi connectivity index (χ3n) is 3.22. The van der Waals surface area contributed by atoms with Crippen molar-refractivity contribution >= 4 is 5.97 Å². The van der Waals surface area contributed by atoms with Gasteiger partial charge in [-0.15, -0.1) is 0 Å². The first-order chi connectivity index (χ1) is 9.99. The van der Waals surface area contributed by atoms with Gasteiger partial charge in [0.1, 0.15) is 18.4 Å². The van der Waals surface area contributed by atoms with E-state index in [-0.39, 0.29) is 12.6 Å². The Balaban J connectivity index is 2.79. The number of hydrogen-bond acceptors (Lipinski definition) is 4. The molecule has 1 unspecified atom stereocenters. The molecule has 118 valence electrons. The molecule has 0 fully saturated rings. The van der Waals surface area contributed by atoms with Crippen molar-refractivity contribution < 1.29 is 14.3 Å². The smallest absolute Gasteiger partial charge is 0.326 e. The van der Waals surface area contributed by atoms with Crippen LogP contribution in [-0.2, 0) is 9.53 Å². The molecule has 0 aliphatic heterocycles. The van der Waals surface area contributed by atoms with Gasteiger partial charge in [-0.3, -0.25) is 4.79 Å². The average Bonchev–Trinajstić information content (AvgIpc) is 2.43. The third-order valence-corrected chi connectivity index (χ3v) is 3.22. The predicted octanol–water partition coefficient (Wildman–Crippen LogP) is 3.04. The first-order valence-corrected chi connectivity index (χ1v) is 7.62. The highest BCUT2D eigenvalue weighted by Crippen LogP contribution is 2.27. The molecular weight excluding hydrogens is 266 g/mol. The van der Waals surface area contributed by atoms with Gasteiger partial charge in [0.2, 0.25) is 0 Å². The van der Waals surface area contributed by atoms with Crippen molar-refractivity contribution in [2.75, 3.05) is 19.8 Å². The van der Waals surface area contributed by atoms with Crippen LogP contribution in [0.1, 0.15) is 44.7 Å². The molecule has 0 saturated heterocycles. The second-order valence-electron chi connectivity index (χ2n) is 5.37. The number of esters is 1. The van der Waals surface area contributed by atoms with Gasteiger partial charge in [0.05, 0.1) is 6.61 Å². The van der Waals surface area contributed by atoms with E-state index in [4.69, 9.17) is 9.47 Å². The number of benzene rings is 1. The largest absolute Gasteiger partial charge is 0.491 e. The minimum absolute atomic E-state index is 0.266. The van der Waals surface area contributed by atoms with Crippen LogP contribution in [0.25, 0.3) is 0 Å². The number of nitrogens with one attached hydrogen (secondary N) is 1. The molecular formula is C17H27NO3. The average molecular weight is 293 g/mol. The van der Waals surface area contributed by atoms with E-state index in [0.29, 0.717) is 19.1 Å². The first kappa shape index (κ1) is 17.5. The van der Waals surface area contributed by atoms with Crippen molar-refractivity contribution in [3.63, 3.8) is 0 Å². The summed E-state index contributed by atoms with van der Waals surface area (Å²) in [5.41, 5.74) is 2.30. The summed E-state index contributed by atoms with van der Waals surface area (Å²) in [7, 11) is 0. The Morgan fingerprint density at radius 2 is 2.00 bits per heavy atom. The Bertz CT molecular complexity index is 457. The molecule has 0 radical (unpaired) electrons. The van der Waals surface area contributed by atoms with Crippen molar-refractivity contribution in [2.24, 2.45) is 0 Å². The van der Waals surface area contributed by atoms with Gasteiger partial charge >= 0.3 is 5.97 Å². The van der Waals surface area contributed by atoms with E-state index in [0.717, 1.165) is 16.9 Å². The van der Waals surface area contributed by atoms with E-state index < -0.39 is 6.04 Å². The van der Waals surface area contributed by atoms with Gasteiger partial charge in [-0.2, -0.15) is 0 Å². The van der Waals surface area contributed by atoms with E-state index in [2.05, 4.69) is 31.3 Å². The zero-order valence-corrected chi connectivity index (χ0v) is 13.7. The van der Waals surface area contributed by atoms with Crippen molar-refractivity contribution in [2.45, 2.75) is 46.6 Å². The minimum atomic E-state index is -0.435. The van der Waals surface area contributed by atoms with E-state index >= 15 is 0 Å². The lowest BCUT2D eigenvalue weighted by Crippen LogP contribution is -2.42. The molecule has 0 saturated carbocycles. The van der Waals surface area contributed by atoms with Gasteiger partial charge in [-0.25, -0.2) is 0 Å². The van der Waals surface area contributed by atoms with Crippen LogP contribution in [0.2, 0.25) is 0 Å². The lowest BCUT2D eigenvalue weighted by atomic mass is 10.0. The first-order valence-electron chi connectivity index (χ1n) is 7.62. The van der Waals surface area contributed by atoms with Crippen LogP contribution in [0.15, 0.2) is 18.2 Å². The summed E-state index contributed by atoms with van der Waals surface area (Å²) in [6.45, 7) is 11.4. The number of hydrogen-bond donors (Lipinski definition) is 1. The molecule has 4 nitrogen and oxygen atoms in total. The highest BCUT2D eigenvalue weighted by Gasteiger charge is 2.20. The molecule has 4 heteroatoms. The van der Waals surface area contributed by atoms with Crippen LogP contribution >= 0.6 is 0 Å². The van der Waals surface area contributed by atoms with E-state index in [1.807, 2.05) is 19.9 Å². The SMILES string of the molecule is CCNC(COc1cc(C)ccc1C(C)C)C(=O)OCC. The van der Waals surface area contributed by atoms with Crippen molar-refractivity contribution in [3.8, 4) is 5.75 Å². The Hall–Kier alpha value is -1.55. The van der Waals surface area contributed by atoms with Crippen LogP contribution in [-0.4, -0.2) is 31.8 Å². The second kappa shape index (κ2) is 8.67. The number of likely N-dealkylation sites (N-methyl/N-ethyl adjacent to an activating group) is 1. The van der Waals surface area contributed by atoms with Crippen molar-refractivity contribution in [1.82, 2.24) is 5.32 Å². The monoisotopic (exact) mass is 293 g/mol. The quantitative estimate of drug-likeness (QED) is 0.748. The fourth-order valence-corrected chi connectivity index (χ4v) is 2.12. The van der Waals surface area contributed by atoms with Crippen LogP contribution < -0.4 is 10.1 Å². The highest BCUT2D eigenvalue weighted by atomic mass is 16.5. The van der Waals surface area contributed by atoms with Crippen LogP contribution in [0, 0.1) is 6.92 Å². The molecule has 1 rings (SSSR count). The molecule has 0 bridgehead atoms. The minimum Gasteiger partial charge on any atom is -0.491 e. The van der Waals surface area contributed by atoms with Gasteiger partial charge in [0.25, 0.3) is 0 Å². The topological polar surface area (TPSA) is 47.6 Å². The van der Waals surface area contributed by atoms with Crippen LogP contribution in [0.4, 0.5) is 0 Å². The summed E-state index contributed by atoms with van der Waals surface area (Å²) in [6, 6.07) is 5.75. The summed E-state index contributed by atoms with van der Waals surface area (Å²) >= 11 is 0. The van der Waals surface area contributed by atoms with Gasteiger partial charge in [-0.05, 0) is 43.5 Å². The van der Waals surface area contributed by atoms with Crippen molar-refractivity contribution in [1.29, 1.82) is 0 Å². The standard InChI is InChI=1S/C17H27NO3/c1-6-18-15(17(19)20-7-2)11-21-16-10-13(5)8-9-14(16)12(3)4/h8-10,12,15,18H,6-7,11H2,1-5H3. The molecule has 1 atom stereocenters. The maximum atomic E-state index is 11.9. The summed E-state index contributed by atoms with van der Waals surface area (Å²) in [5, 5.41) is 3.10. The molecule has 1 N–H and O–H groups in total. The molecule has 1 aromatic rings. The number of ether oxygens (including phenoxy) is 2. The second-order valence-corrected chi connectivity index (χ2v) is 5.37. The fraction of sp³-hybridized carbons (Fsp3) is 0.588. The summed E-state index contributed by atoms with van der Waals surface area (Å²) in [6.07, 6.45) is 0. The van der Waals surface area contributed by atoms with Gasteiger partial charge in [0.15, 0.2) is 0 Å². The number of rotatable bonds is 8. The molecule has 0 spiro atoms. The maximum Gasteiger partial charge on any atom is 0.326 e. The van der Waals surface area contributed by atoms with Crippen molar-refractivity contribution in [3.05, 3.63) is 29.3 Å². The maximum absolute atomic E-state index is 11.9. The van der Waals surface area contributed by atoms with Gasteiger partial charge in [-0.1, -0.05) is 32.9 Å².